The summed E-state index contributed by atoms with van der Waals surface area (Å²) < 4.78 is 0. The highest BCUT2D eigenvalue weighted by Crippen LogP contribution is 2.44. The normalized spacial score (nSPS) is 18.4. The molecule has 0 fully saturated rings. The molecule has 0 spiro atoms. The van der Waals surface area contributed by atoms with Crippen molar-refractivity contribution in [2.75, 3.05) is 5.32 Å². The van der Waals surface area contributed by atoms with E-state index in [1.165, 1.54) is 11.3 Å². The smallest absolute Gasteiger partial charge is 0.339 e. The van der Waals surface area contributed by atoms with Crippen molar-refractivity contribution in [2.45, 2.75) is 60.8 Å². The number of hydrogen-bond acceptors (Lipinski definition) is 3. The minimum atomic E-state index is -0.944. The Bertz CT molecular complexity index is 632. The Hall–Kier alpha value is -1.36. The maximum atomic E-state index is 12.2. The van der Waals surface area contributed by atoms with Crippen LogP contribution in [0, 0.1) is 16.7 Å². The van der Waals surface area contributed by atoms with Gasteiger partial charge in [0.1, 0.15) is 5.00 Å². The summed E-state index contributed by atoms with van der Waals surface area (Å²) in [6.07, 6.45) is 2.68. The first-order valence-corrected chi connectivity index (χ1v) is 8.92. The molecule has 1 atom stereocenters. The van der Waals surface area contributed by atoms with Gasteiger partial charge in [-0.2, -0.15) is 0 Å². The molecule has 0 aliphatic heterocycles. The molecule has 5 heteroatoms. The van der Waals surface area contributed by atoms with E-state index >= 15 is 0 Å². The lowest BCUT2D eigenvalue weighted by molar-refractivity contribution is -0.123. The molecule has 23 heavy (non-hydrogen) atoms. The van der Waals surface area contributed by atoms with E-state index in [9.17, 15) is 14.7 Å². The van der Waals surface area contributed by atoms with Crippen LogP contribution in [-0.4, -0.2) is 17.0 Å². The average molecular weight is 337 g/mol. The van der Waals surface area contributed by atoms with Gasteiger partial charge in [-0.1, -0.05) is 41.5 Å². The van der Waals surface area contributed by atoms with Gasteiger partial charge in [0.2, 0.25) is 5.91 Å². The number of anilines is 1. The molecule has 1 aliphatic carbocycles. The molecule has 1 unspecified atom stereocenters. The molecule has 1 aliphatic rings. The average Bonchev–Trinajstić information content (AvgIpc) is 2.73. The van der Waals surface area contributed by atoms with Crippen molar-refractivity contribution in [2.24, 2.45) is 16.7 Å². The lowest BCUT2D eigenvalue weighted by Crippen LogP contribution is -2.28. The number of carboxylic acids is 1. The number of hydrogen-bond donors (Lipinski definition) is 2. The number of thiophene rings is 1. The monoisotopic (exact) mass is 337 g/mol. The summed E-state index contributed by atoms with van der Waals surface area (Å²) in [5.74, 6) is -0.548. The van der Waals surface area contributed by atoms with Crippen molar-refractivity contribution < 1.29 is 14.7 Å². The SMILES string of the molecule is CC(C)(C)C(=O)Nc1sc2c(c1C(=O)O)CCC(C(C)(C)C)C2. The van der Waals surface area contributed by atoms with Gasteiger partial charge in [0.05, 0.1) is 5.56 Å². The minimum absolute atomic E-state index is 0.147. The number of carboxylic acid groups (broad SMARTS) is 1. The largest absolute Gasteiger partial charge is 0.478 e. The Morgan fingerprint density at radius 1 is 1.17 bits per heavy atom. The molecule has 0 radical (unpaired) electrons. The van der Waals surface area contributed by atoms with Crippen LogP contribution in [0.1, 0.15) is 68.8 Å². The van der Waals surface area contributed by atoms with Crippen LogP contribution in [0.2, 0.25) is 0 Å². The van der Waals surface area contributed by atoms with E-state index in [0.717, 1.165) is 29.7 Å². The third-order valence-corrected chi connectivity index (χ3v) is 5.78. The highest BCUT2D eigenvalue weighted by Gasteiger charge is 2.34. The third kappa shape index (κ3) is 3.77. The van der Waals surface area contributed by atoms with Crippen molar-refractivity contribution in [3.05, 3.63) is 16.0 Å². The Balaban J connectivity index is 2.37. The topological polar surface area (TPSA) is 66.4 Å². The van der Waals surface area contributed by atoms with Crippen molar-refractivity contribution in [1.82, 2.24) is 0 Å². The molecule has 1 heterocycles. The molecule has 1 amide bonds. The van der Waals surface area contributed by atoms with Gasteiger partial charge >= 0.3 is 5.97 Å². The van der Waals surface area contributed by atoms with Crippen molar-refractivity contribution in [3.8, 4) is 0 Å². The highest BCUT2D eigenvalue weighted by atomic mass is 32.1. The summed E-state index contributed by atoms with van der Waals surface area (Å²) in [6, 6.07) is 0. The molecule has 1 aromatic heterocycles. The fraction of sp³-hybridized carbons (Fsp3) is 0.667. The molecule has 0 saturated heterocycles. The fourth-order valence-electron chi connectivity index (χ4n) is 2.93. The van der Waals surface area contributed by atoms with Crippen LogP contribution < -0.4 is 5.32 Å². The predicted molar refractivity (Wildman–Crippen MR) is 94.3 cm³/mol. The predicted octanol–water partition coefficient (Wildman–Crippen LogP) is 4.58. The molecule has 0 bridgehead atoms. The number of aromatic carboxylic acids is 1. The second-order valence-electron chi connectivity index (χ2n) is 8.52. The van der Waals surface area contributed by atoms with Gasteiger partial charge in [0.25, 0.3) is 0 Å². The maximum absolute atomic E-state index is 12.2. The summed E-state index contributed by atoms with van der Waals surface area (Å²) >= 11 is 1.44. The fourth-order valence-corrected chi connectivity index (χ4v) is 4.24. The molecule has 2 rings (SSSR count). The zero-order chi connectivity index (χ0) is 17.6. The van der Waals surface area contributed by atoms with Gasteiger partial charge in [0, 0.05) is 10.3 Å². The van der Waals surface area contributed by atoms with Crippen LogP contribution >= 0.6 is 11.3 Å². The van der Waals surface area contributed by atoms with Crippen LogP contribution in [0.3, 0.4) is 0 Å². The molecule has 1 aromatic rings. The number of carbonyl (C=O) groups is 2. The lowest BCUT2D eigenvalue weighted by atomic mass is 9.72. The van der Waals surface area contributed by atoms with Crippen molar-refractivity contribution in [1.29, 1.82) is 0 Å². The first-order chi connectivity index (χ1) is 10.4. The number of fused-ring (bicyclic) bond motifs is 1. The molecule has 0 aromatic carbocycles. The molecular weight excluding hydrogens is 310 g/mol. The van der Waals surface area contributed by atoms with Crippen LogP contribution in [0.4, 0.5) is 5.00 Å². The minimum Gasteiger partial charge on any atom is -0.478 e. The van der Waals surface area contributed by atoms with E-state index in [0.29, 0.717) is 16.5 Å². The number of amides is 1. The number of nitrogens with one attached hydrogen (secondary N) is 1. The van der Waals surface area contributed by atoms with Gasteiger partial charge in [-0.05, 0) is 36.2 Å². The second-order valence-corrected chi connectivity index (χ2v) is 9.63. The molecule has 2 N–H and O–H groups in total. The van der Waals surface area contributed by atoms with E-state index in [2.05, 4.69) is 26.1 Å². The summed E-state index contributed by atoms with van der Waals surface area (Å²) in [7, 11) is 0. The molecular formula is C18H27NO3S. The van der Waals surface area contributed by atoms with Crippen LogP contribution in [-0.2, 0) is 17.6 Å². The van der Waals surface area contributed by atoms with E-state index in [1.807, 2.05) is 20.8 Å². The number of rotatable bonds is 2. The Labute approximate surface area is 142 Å². The lowest BCUT2D eigenvalue weighted by Gasteiger charge is -2.33. The van der Waals surface area contributed by atoms with E-state index in [4.69, 9.17) is 0 Å². The molecule has 128 valence electrons. The van der Waals surface area contributed by atoms with Crippen LogP contribution in [0.5, 0.6) is 0 Å². The highest BCUT2D eigenvalue weighted by molar-refractivity contribution is 7.17. The first-order valence-electron chi connectivity index (χ1n) is 8.10. The summed E-state index contributed by atoms with van der Waals surface area (Å²) in [5.41, 5.74) is 0.885. The third-order valence-electron chi connectivity index (χ3n) is 4.61. The summed E-state index contributed by atoms with van der Waals surface area (Å²) in [6.45, 7) is 12.2. The zero-order valence-corrected chi connectivity index (χ0v) is 15.7. The zero-order valence-electron chi connectivity index (χ0n) is 14.9. The van der Waals surface area contributed by atoms with E-state index in [1.54, 1.807) is 0 Å². The van der Waals surface area contributed by atoms with Gasteiger partial charge in [-0.25, -0.2) is 4.79 Å². The second kappa shape index (κ2) is 5.93. The maximum Gasteiger partial charge on any atom is 0.339 e. The molecule has 4 nitrogen and oxygen atoms in total. The van der Waals surface area contributed by atoms with Gasteiger partial charge in [-0.3, -0.25) is 4.79 Å². The standard InChI is InChI=1S/C18H27NO3S/c1-17(2,3)10-7-8-11-12(9-10)23-14(13(11)15(20)21)19-16(22)18(4,5)6/h10H,7-9H2,1-6H3,(H,19,22)(H,20,21). The van der Waals surface area contributed by atoms with Gasteiger partial charge in [0.15, 0.2) is 0 Å². The molecule has 0 saturated carbocycles. The van der Waals surface area contributed by atoms with Gasteiger partial charge < -0.3 is 10.4 Å². The summed E-state index contributed by atoms with van der Waals surface area (Å²) in [4.78, 5) is 25.1. The van der Waals surface area contributed by atoms with Crippen molar-refractivity contribution in [3.63, 3.8) is 0 Å². The Morgan fingerprint density at radius 2 is 1.78 bits per heavy atom. The Morgan fingerprint density at radius 3 is 2.26 bits per heavy atom. The number of carbonyl (C=O) groups excluding carboxylic acids is 1. The van der Waals surface area contributed by atoms with E-state index < -0.39 is 11.4 Å². The Kier molecular flexibility index (Phi) is 4.64. The quantitative estimate of drug-likeness (QED) is 0.830. The van der Waals surface area contributed by atoms with Gasteiger partial charge in [-0.15, -0.1) is 11.3 Å². The van der Waals surface area contributed by atoms with E-state index in [-0.39, 0.29) is 11.3 Å². The van der Waals surface area contributed by atoms with Crippen LogP contribution in [0.25, 0.3) is 0 Å². The van der Waals surface area contributed by atoms with Crippen LogP contribution in [0.15, 0.2) is 0 Å². The summed E-state index contributed by atoms with van der Waals surface area (Å²) in [5, 5.41) is 12.9. The first kappa shape index (κ1) is 18.0. The van der Waals surface area contributed by atoms with Crippen molar-refractivity contribution >= 4 is 28.2 Å².